The average Bonchev–Trinajstić information content (AvgIpc) is 3.25. The quantitative estimate of drug-likeness (QED) is 0.539. The minimum absolute atomic E-state index is 0.314. The van der Waals surface area contributed by atoms with Crippen LogP contribution in [0.2, 0.25) is 0 Å². The Morgan fingerprint density at radius 3 is 2.71 bits per heavy atom. The molecule has 0 bridgehead atoms. The second-order valence-corrected chi connectivity index (χ2v) is 6.88. The van der Waals surface area contributed by atoms with Gasteiger partial charge in [0.1, 0.15) is 0 Å². The molecule has 1 aliphatic rings. The van der Waals surface area contributed by atoms with Crippen LogP contribution in [0.5, 0.6) is 11.5 Å². The molecule has 1 aromatic carbocycles. The number of rotatable bonds is 8. The summed E-state index contributed by atoms with van der Waals surface area (Å²) in [5.41, 5.74) is 2.05. The van der Waals surface area contributed by atoms with Crippen LogP contribution >= 0.6 is 0 Å². The van der Waals surface area contributed by atoms with E-state index in [1.165, 1.54) is 12.8 Å². The van der Waals surface area contributed by atoms with E-state index in [2.05, 4.69) is 33.6 Å². The van der Waals surface area contributed by atoms with Crippen molar-refractivity contribution in [2.45, 2.75) is 51.8 Å². The summed E-state index contributed by atoms with van der Waals surface area (Å²) in [6.45, 7) is 4.03. The van der Waals surface area contributed by atoms with Gasteiger partial charge in [-0.1, -0.05) is 12.1 Å². The third-order valence-corrected chi connectivity index (χ3v) is 4.75. The second kappa shape index (κ2) is 10.5. The molecule has 1 aromatic heterocycles. The molecular weight excluding hydrogens is 352 g/mol. The van der Waals surface area contributed by atoms with E-state index in [0.717, 1.165) is 48.1 Å². The maximum absolute atomic E-state index is 6.11. The number of ether oxygens (including phenoxy) is 2. The summed E-state index contributed by atoms with van der Waals surface area (Å²) in [4.78, 5) is 9.01. The highest BCUT2D eigenvalue weighted by Gasteiger charge is 2.18. The van der Waals surface area contributed by atoms with Crippen molar-refractivity contribution in [1.82, 2.24) is 15.6 Å². The van der Waals surface area contributed by atoms with Gasteiger partial charge in [0.25, 0.3) is 0 Å². The van der Waals surface area contributed by atoms with Gasteiger partial charge in [-0.15, -0.1) is 0 Å². The zero-order valence-electron chi connectivity index (χ0n) is 16.8. The molecule has 0 amide bonds. The van der Waals surface area contributed by atoms with Gasteiger partial charge in [-0.3, -0.25) is 4.98 Å². The van der Waals surface area contributed by atoms with Gasteiger partial charge < -0.3 is 20.1 Å². The molecule has 6 nitrogen and oxygen atoms in total. The third-order valence-electron chi connectivity index (χ3n) is 4.75. The highest BCUT2D eigenvalue weighted by atomic mass is 16.5. The Labute approximate surface area is 167 Å². The summed E-state index contributed by atoms with van der Waals surface area (Å²) in [5.74, 6) is 2.35. The lowest BCUT2D eigenvalue weighted by Crippen LogP contribution is -2.37. The lowest BCUT2D eigenvalue weighted by molar-refractivity contribution is 0.200. The van der Waals surface area contributed by atoms with Crippen molar-refractivity contribution in [2.24, 2.45) is 4.99 Å². The van der Waals surface area contributed by atoms with Gasteiger partial charge >= 0.3 is 0 Å². The van der Waals surface area contributed by atoms with Crippen LogP contribution in [0.1, 0.15) is 43.9 Å². The van der Waals surface area contributed by atoms with Crippen molar-refractivity contribution < 1.29 is 9.47 Å². The molecule has 3 rings (SSSR count). The Hall–Kier alpha value is -2.76. The largest absolute Gasteiger partial charge is 0.493 e. The van der Waals surface area contributed by atoms with Gasteiger partial charge in [0.15, 0.2) is 17.5 Å². The Kier molecular flexibility index (Phi) is 7.53. The van der Waals surface area contributed by atoms with Crippen molar-refractivity contribution in [3.8, 4) is 11.5 Å². The zero-order valence-corrected chi connectivity index (χ0v) is 16.8. The van der Waals surface area contributed by atoms with Gasteiger partial charge in [0, 0.05) is 12.7 Å². The van der Waals surface area contributed by atoms with Crippen LogP contribution in [0, 0.1) is 0 Å². The molecule has 0 spiro atoms. The fourth-order valence-corrected chi connectivity index (χ4v) is 3.28. The van der Waals surface area contributed by atoms with Crippen LogP contribution in [0.4, 0.5) is 0 Å². The molecule has 0 atom stereocenters. The molecule has 1 fully saturated rings. The van der Waals surface area contributed by atoms with E-state index in [1.54, 1.807) is 13.3 Å². The highest BCUT2D eigenvalue weighted by molar-refractivity contribution is 5.79. The summed E-state index contributed by atoms with van der Waals surface area (Å²) in [5, 5.41) is 6.58. The average molecular weight is 383 g/mol. The van der Waals surface area contributed by atoms with Crippen molar-refractivity contribution in [2.75, 3.05) is 13.7 Å². The molecule has 0 aliphatic heterocycles. The SMILES string of the molecule is CCNC(=NCc1ccc(OC2CCCC2)c(OC)c1)NCc1ccccn1. The first kappa shape index (κ1) is 20.0. The number of hydrogen-bond donors (Lipinski definition) is 2. The van der Waals surface area contributed by atoms with Crippen LogP contribution in [0.3, 0.4) is 0 Å². The summed E-state index contributed by atoms with van der Waals surface area (Å²) in [6, 6.07) is 11.9. The molecule has 1 saturated carbocycles. The van der Waals surface area contributed by atoms with E-state index in [0.29, 0.717) is 19.2 Å². The molecule has 2 aromatic rings. The van der Waals surface area contributed by atoms with E-state index < -0.39 is 0 Å². The summed E-state index contributed by atoms with van der Waals surface area (Å²) < 4.78 is 11.7. The number of aliphatic imine (C=N–C) groups is 1. The Morgan fingerprint density at radius 1 is 1.14 bits per heavy atom. The Balaban J connectivity index is 1.62. The van der Waals surface area contributed by atoms with E-state index >= 15 is 0 Å². The first-order valence-electron chi connectivity index (χ1n) is 10.0. The van der Waals surface area contributed by atoms with Crippen LogP contribution < -0.4 is 20.1 Å². The Bertz CT molecular complexity index is 758. The summed E-state index contributed by atoms with van der Waals surface area (Å²) >= 11 is 0. The van der Waals surface area contributed by atoms with E-state index in [4.69, 9.17) is 9.47 Å². The molecule has 150 valence electrons. The molecule has 1 aliphatic carbocycles. The highest BCUT2D eigenvalue weighted by Crippen LogP contribution is 2.32. The molecule has 1 heterocycles. The Morgan fingerprint density at radius 2 is 2.00 bits per heavy atom. The van der Waals surface area contributed by atoms with Crippen molar-refractivity contribution in [3.63, 3.8) is 0 Å². The normalized spacial score (nSPS) is 14.7. The van der Waals surface area contributed by atoms with E-state index in [9.17, 15) is 0 Å². The maximum Gasteiger partial charge on any atom is 0.191 e. The van der Waals surface area contributed by atoms with Crippen LogP contribution in [0.25, 0.3) is 0 Å². The number of aromatic nitrogens is 1. The monoisotopic (exact) mass is 382 g/mol. The minimum Gasteiger partial charge on any atom is -0.493 e. The van der Waals surface area contributed by atoms with Gasteiger partial charge in [0.2, 0.25) is 0 Å². The number of benzene rings is 1. The maximum atomic E-state index is 6.11. The molecule has 0 saturated heterocycles. The number of hydrogen-bond acceptors (Lipinski definition) is 4. The van der Waals surface area contributed by atoms with Gasteiger partial charge in [0.05, 0.1) is 32.0 Å². The van der Waals surface area contributed by atoms with Crippen molar-refractivity contribution >= 4 is 5.96 Å². The number of pyridine rings is 1. The molecule has 2 N–H and O–H groups in total. The van der Waals surface area contributed by atoms with Crippen molar-refractivity contribution in [3.05, 3.63) is 53.9 Å². The minimum atomic E-state index is 0.314. The predicted molar refractivity (Wildman–Crippen MR) is 112 cm³/mol. The topological polar surface area (TPSA) is 67.8 Å². The standard InChI is InChI=1S/C22H30N4O2/c1-3-23-22(26-16-18-8-6-7-13-24-18)25-15-17-11-12-20(21(14-17)27-2)28-19-9-4-5-10-19/h6-8,11-14,19H,3-5,9-10,15-16H2,1-2H3,(H2,23,25,26). The van der Waals surface area contributed by atoms with Gasteiger partial charge in [-0.2, -0.15) is 0 Å². The molecule has 6 heteroatoms. The lowest BCUT2D eigenvalue weighted by Gasteiger charge is -2.16. The predicted octanol–water partition coefficient (Wildman–Crippen LogP) is 3.67. The van der Waals surface area contributed by atoms with Crippen molar-refractivity contribution in [1.29, 1.82) is 0 Å². The first-order chi connectivity index (χ1) is 13.8. The fraction of sp³-hybridized carbons (Fsp3) is 0.455. The van der Waals surface area contributed by atoms with E-state index in [-0.39, 0.29) is 0 Å². The molecule has 28 heavy (non-hydrogen) atoms. The fourth-order valence-electron chi connectivity index (χ4n) is 3.28. The molecule has 0 radical (unpaired) electrons. The number of methoxy groups -OCH3 is 1. The second-order valence-electron chi connectivity index (χ2n) is 6.88. The lowest BCUT2D eigenvalue weighted by atomic mass is 10.2. The van der Waals surface area contributed by atoms with E-state index in [1.807, 2.05) is 30.3 Å². The van der Waals surface area contributed by atoms with Crippen LogP contribution in [-0.4, -0.2) is 30.7 Å². The zero-order chi connectivity index (χ0) is 19.6. The van der Waals surface area contributed by atoms with Gasteiger partial charge in [-0.25, -0.2) is 4.99 Å². The molecular formula is C22H30N4O2. The van der Waals surface area contributed by atoms with Gasteiger partial charge in [-0.05, 0) is 62.4 Å². The summed E-state index contributed by atoms with van der Waals surface area (Å²) in [7, 11) is 1.68. The number of nitrogens with one attached hydrogen (secondary N) is 2. The van der Waals surface area contributed by atoms with Crippen LogP contribution in [-0.2, 0) is 13.1 Å². The first-order valence-corrected chi connectivity index (χ1v) is 10.0. The smallest absolute Gasteiger partial charge is 0.191 e. The summed E-state index contributed by atoms with van der Waals surface area (Å²) in [6.07, 6.45) is 6.86. The molecule has 0 unspecified atom stereocenters. The number of guanidine groups is 1. The third kappa shape index (κ3) is 5.87. The van der Waals surface area contributed by atoms with Crippen LogP contribution in [0.15, 0.2) is 47.6 Å². The number of nitrogens with zero attached hydrogens (tertiary/aromatic N) is 2.